The van der Waals surface area contributed by atoms with E-state index >= 15 is 0 Å². The van der Waals surface area contributed by atoms with Crippen molar-refractivity contribution in [2.24, 2.45) is 0 Å². The van der Waals surface area contributed by atoms with Crippen LogP contribution in [0.5, 0.6) is 5.75 Å². The summed E-state index contributed by atoms with van der Waals surface area (Å²) >= 11 is 3.27. The standard InChI is InChI=1S/C15H11BrN2O3/c1-21-15(20)9-2-4-11-12(7-9)18-14(17-11)8-3-5-13(19)10(16)6-8/h2-7,19H,1H3,(H,17,18). The monoisotopic (exact) mass is 346 g/mol. The molecule has 5 nitrogen and oxygen atoms in total. The number of carbonyl (C=O) groups is 1. The number of aromatic hydroxyl groups is 1. The molecule has 0 spiro atoms. The Morgan fingerprint density at radius 2 is 2.10 bits per heavy atom. The van der Waals surface area contributed by atoms with Crippen LogP contribution in [0, 0.1) is 0 Å². The van der Waals surface area contributed by atoms with Crippen LogP contribution in [-0.2, 0) is 4.74 Å². The molecular formula is C15H11BrN2O3. The van der Waals surface area contributed by atoms with E-state index in [1.54, 1.807) is 36.4 Å². The number of methoxy groups -OCH3 is 1. The molecule has 0 fully saturated rings. The van der Waals surface area contributed by atoms with Gasteiger partial charge in [0.1, 0.15) is 11.6 Å². The van der Waals surface area contributed by atoms with Gasteiger partial charge in [-0.1, -0.05) is 0 Å². The highest BCUT2D eigenvalue weighted by Crippen LogP contribution is 2.29. The van der Waals surface area contributed by atoms with Gasteiger partial charge in [0.2, 0.25) is 0 Å². The molecule has 0 unspecified atom stereocenters. The predicted octanol–water partition coefficient (Wildman–Crippen LogP) is 3.48. The van der Waals surface area contributed by atoms with Gasteiger partial charge in [0.25, 0.3) is 0 Å². The number of esters is 1. The number of rotatable bonds is 2. The van der Waals surface area contributed by atoms with Crippen molar-refractivity contribution in [1.29, 1.82) is 0 Å². The lowest BCUT2D eigenvalue weighted by Crippen LogP contribution is -2.00. The Morgan fingerprint density at radius 3 is 2.81 bits per heavy atom. The highest BCUT2D eigenvalue weighted by atomic mass is 79.9. The Kier molecular flexibility index (Phi) is 3.39. The minimum atomic E-state index is -0.388. The molecule has 0 aliphatic rings. The molecule has 0 amide bonds. The van der Waals surface area contributed by atoms with E-state index < -0.39 is 0 Å². The van der Waals surface area contributed by atoms with E-state index in [1.807, 2.05) is 0 Å². The second-order valence-corrected chi connectivity index (χ2v) is 5.33. The van der Waals surface area contributed by atoms with E-state index in [1.165, 1.54) is 7.11 Å². The SMILES string of the molecule is COC(=O)c1ccc2nc(-c3ccc(O)c(Br)c3)[nH]c2c1. The molecule has 0 atom stereocenters. The molecule has 3 rings (SSSR count). The number of phenolic OH excluding ortho intramolecular Hbond substituents is 1. The zero-order chi connectivity index (χ0) is 15.0. The quantitative estimate of drug-likeness (QED) is 0.696. The molecular weight excluding hydrogens is 336 g/mol. The number of phenols is 1. The van der Waals surface area contributed by atoms with Crippen molar-refractivity contribution in [1.82, 2.24) is 9.97 Å². The number of halogens is 1. The van der Waals surface area contributed by atoms with Crippen LogP contribution in [0.3, 0.4) is 0 Å². The summed E-state index contributed by atoms with van der Waals surface area (Å²) in [4.78, 5) is 19.2. The third-order valence-corrected chi connectivity index (χ3v) is 3.76. The fourth-order valence-corrected chi connectivity index (χ4v) is 2.42. The summed E-state index contributed by atoms with van der Waals surface area (Å²) < 4.78 is 5.29. The number of fused-ring (bicyclic) bond motifs is 1. The Balaban J connectivity index is 2.08. The van der Waals surface area contributed by atoms with E-state index in [-0.39, 0.29) is 11.7 Å². The van der Waals surface area contributed by atoms with Crippen LogP contribution in [0.4, 0.5) is 0 Å². The van der Waals surface area contributed by atoms with Gasteiger partial charge in [-0.3, -0.25) is 0 Å². The van der Waals surface area contributed by atoms with E-state index in [9.17, 15) is 9.90 Å². The highest BCUT2D eigenvalue weighted by molar-refractivity contribution is 9.10. The van der Waals surface area contributed by atoms with Crippen LogP contribution >= 0.6 is 15.9 Å². The molecule has 1 aromatic heterocycles. The molecule has 6 heteroatoms. The van der Waals surface area contributed by atoms with Crippen molar-refractivity contribution in [2.75, 3.05) is 7.11 Å². The smallest absolute Gasteiger partial charge is 0.337 e. The van der Waals surface area contributed by atoms with Crippen molar-refractivity contribution < 1.29 is 14.6 Å². The summed E-state index contributed by atoms with van der Waals surface area (Å²) in [6.07, 6.45) is 0. The van der Waals surface area contributed by atoms with Crippen molar-refractivity contribution in [3.05, 3.63) is 46.4 Å². The molecule has 2 N–H and O–H groups in total. The van der Waals surface area contributed by atoms with E-state index in [4.69, 9.17) is 4.74 Å². The van der Waals surface area contributed by atoms with Crippen molar-refractivity contribution in [3.63, 3.8) is 0 Å². The molecule has 0 aliphatic heterocycles. The van der Waals surface area contributed by atoms with Crippen molar-refractivity contribution >= 4 is 32.9 Å². The topological polar surface area (TPSA) is 75.2 Å². The first-order chi connectivity index (χ1) is 10.1. The second kappa shape index (κ2) is 5.21. The summed E-state index contributed by atoms with van der Waals surface area (Å²) in [6, 6.07) is 10.3. The molecule has 3 aromatic rings. The van der Waals surface area contributed by atoms with Crippen LogP contribution in [0.2, 0.25) is 0 Å². The molecule has 0 saturated heterocycles. The zero-order valence-corrected chi connectivity index (χ0v) is 12.6. The van der Waals surface area contributed by atoms with E-state index in [0.717, 1.165) is 16.6 Å². The molecule has 21 heavy (non-hydrogen) atoms. The van der Waals surface area contributed by atoms with Crippen molar-refractivity contribution in [3.8, 4) is 17.1 Å². The molecule has 106 valence electrons. The third kappa shape index (κ3) is 2.50. The minimum Gasteiger partial charge on any atom is -0.507 e. The first kappa shape index (κ1) is 13.6. The molecule has 0 saturated carbocycles. The molecule has 1 heterocycles. The lowest BCUT2D eigenvalue weighted by Gasteiger charge is -1.99. The summed E-state index contributed by atoms with van der Waals surface area (Å²) in [5.41, 5.74) is 2.79. The normalized spacial score (nSPS) is 10.8. The Hall–Kier alpha value is -2.34. The molecule has 2 aromatic carbocycles. The maximum Gasteiger partial charge on any atom is 0.337 e. The van der Waals surface area contributed by atoms with Crippen LogP contribution < -0.4 is 0 Å². The Morgan fingerprint density at radius 1 is 1.29 bits per heavy atom. The molecule has 0 radical (unpaired) electrons. The zero-order valence-electron chi connectivity index (χ0n) is 11.1. The van der Waals surface area contributed by atoms with Crippen LogP contribution in [-0.4, -0.2) is 28.2 Å². The van der Waals surface area contributed by atoms with E-state index in [2.05, 4.69) is 25.9 Å². The number of benzene rings is 2. The van der Waals surface area contributed by atoms with Crippen molar-refractivity contribution in [2.45, 2.75) is 0 Å². The summed E-state index contributed by atoms with van der Waals surface area (Å²) in [6.45, 7) is 0. The number of nitrogens with one attached hydrogen (secondary N) is 1. The largest absolute Gasteiger partial charge is 0.507 e. The number of imidazole rings is 1. The number of H-pyrrole nitrogens is 1. The third-order valence-electron chi connectivity index (χ3n) is 3.12. The Bertz CT molecular complexity index is 842. The molecule has 0 bridgehead atoms. The lowest BCUT2D eigenvalue weighted by atomic mass is 10.2. The number of hydrogen-bond donors (Lipinski definition) is 2. The number of ether oxygens (including phenoxy) is 1. The van der Waals surface area contributed by atoms with Crippen LogP contribution in [0.1, 0.15) is 10.4 Å². The minimum absolute atomic E-state index is 0.169. The van der Waals surface area contributed by atoms with Gasteiger partial charge in [-0.25, -0.2) is 9.78 Å². The first-order valence-corrected chi connectivity index (χ1v) is 6.95. The van der Waals surface area contributed by atoms with Crippen LogP contribution in [0.25, 0.3) is 22.4 Å². The fraction of sp³-hybridized carbons (Fsp3) is 0.0667. The average Bonchev–Trinajstić information content (AvgIpc) is 2.92. The summed E-state index contributed by atoms with van der Waals surface area (Å²) in [7, 11) is 1.35. The average molecular weight is 347 g/mol. The first-order valence-electron chi connectivity index (χ1n) is 6.15. The number of nitrogens with zero attached hydrogens (tertiary/aromatic N) is 1. The lowest BCUT2D eigenvalue weighted by molar-refractivity contribution is 0.0601. The number of hydrogen-bond acceptors (Lipinski definition) is 4. The van der Waals surface area contributed by atoms with Crippen LogP contribution in [0.15, 0.2) is 40.9 Å². The Labute approximate surface area is 128 Å². The second-order valence-electron chi connectivity index (χ2n) is 4.48. The van der Waals surface area contributed by atoms with Gasteiger partial charge in [-0.05, 0) is 52.3 Å². The molecule has 0 aliphatic carbocycles. The van der Waals surface area contributed by atoms with Gasteiger partial charge >= 0.3 is 5.97 Å². The number of aromatic nitrogens is 2. The summed E-state index contributed by atoms with van der Waals surface area (Å²) in [5, 5.41) is 9.53. The highest BCUT2D eigenvalue weighted by Gasteiger charge is 2.10. The fourth-order valence-electron chi connectivity index (χ4n) is 2.05. The predicted molar refractivity (Wildman–Crippen MR) is 82.2 cm³/mol. The van der Waals surface area contributed by atoms with Gasteiger partial charge in [0.15, 0.2) is 0 Å². The van der Waals surface area contributed by atoms with Gasteiger partial charge in [-0.2, -0.15) is 0 Å². The van der Waals surface area contributed by atoms with Gasteiger partial charge in [0.05, 0.1) is 28.2 Å². The number of carbonyl (C=O) groups excluding carboxylic acids is 1. The maximum atomic E-state index is 11.5. The van der Waals surface area contributed by atoms with E-state index in [0.29, 0.717) is 15.9 Å². The maximum absolute atomic E-state index is 11.5. The van der Waals surface area contributed by atoms with Gasteiger partial charge in [-0.15, -0.1) is 0 Å². The van der Waals surface area contributed by atoms with Gasteiger partial charge in [0, 0.05) is 5.56 Å². The number of aromatic amines is 1. The summed E-state index contributed by atoms with van der Waals surface area (Å²) in [5.74, 6) is 0.441. The van der Waals surface area contributed by atoms with Gasteiger partial charge < -0.3 is 14.8 Å².